The smallest absolute Gasteiger partial charge is 0.228 e. The van der Waals surface area contributed by atoms with Crippen molar-refractivity contribution in [3.05, 3.63) is 41.0 Å². The number of halogens is 1. The monoisotopic (exact) mass is 535 g/mol. The number of aryl methyl sites for hydroxylation is 1. The number of hydrogen-bond donors (Lipinski definition) is 2. The molecule has 0 radical (unpaired) electrons. The van der Waals surface area contributed by atoms with E-state index in [1.54, 1.807) is 19.1 Å². The third-order valence-corrected chi connectivity index (χ3v) is 5.29. The Bertz CT molecular complexity index is 926. The van der Waals surface area contributed by atoms with Gasteiger partial charge >= 0.3 is 0 Å². The Labute approximate surface area is 189 Å². The molecule has 1 aromatic carbocycles. The highest BCUT2D eigenvalue weighted by Crippen LogP contribution is 2.17. The zero-order valence-corrected chi connectivity index (χ0v) is 20.7. The molecule has 162 valence electrons. The minimum Gasteiger partial charge on any atom is -0.357 e. The molecule has 1 heterocycles. The third kappa shape index (κ3) is 7.92. The first kappa shape index (κ1) is 25.3. The number of nitrogens with one attached hydrogen (secondary N) is 2. The molecule has 1 aromatic heterocycles. The van der Waals surface area contributed by atoms with E-state index in [9.17, 15) is 8.42 Å². The second-order valence-electron chi connectivity index (χ2n) is 6.94. The van der Waals surface area contributed by atoms with E-state index in [0.29, 0.717) is 42.1 Å². The quantitative estimate of drug-likeness (QED) is 0.304. The number of aliphatic imine (C=N–C) groups is 1. The van der Waals surface area contributed by atoms with Crippen molar-refractivity contribution in [3.8, 4) is 0 Å². The first-order chi connectivity index (χ1) is 13.2. The van der Waals surface area contributed by atoms with Gasteiger partial charge in [-0.05, 0) is 31.0 Å². The van der Waals surface area contributed by atoms with Gasteiger partial charge in [0.1, 0.15) is 0 Å². The zero-order chi connectivity index (χ0) is 20.7. The van der Waals surface area contributed by atoms with Crippen molar-refractivity contribution in [2.45, 2.75) is 51.5 Å². The fourth-order valence-electron chi connectivity index (χ4n) is 2.63. The molecule has 2 N–H and O–H groups in total. The lowest BCUT2D eigenvalue weighted by Crippen LogP contribution is -2.38. The van der Waals surface area contributed by atoms with E-state index in [4.69, 9.17) is 4.52 Å². The Morgan fingerprint density at radius 2 is 2.00 bits per heavy atom. The fraction of sp³-hybridized carbons (Fsp3) is 0.526. The number of aromatic nitrogens is 2. The van der Waals surface area contributed by atoms with Crippen LogP contribution in [0.4, 0.5) is 0 Å². The number of sulfone groups is 1. The molecule has 0 unspecified atom stereocenters. The molecule has 0 atom stereocenters. The molecule has 8 nitrogen and oxygen atoms in total. The topological polar surface area (TPSA) is 109 Å². The van der Waals surface area contributed by atoms with E-state index in [0.717, 1.165) is 17.7 Å². The molecule has 0 saturated heterocycles. The molecule has 0 fully saturated rings. The van der Waals surface area contributed by atoms with Crippen LogP contribution in [0.3, 0.4) is 0 Å². The summed E-state index contributed by atoms with van der Waals surface area (Å²) in [6.45, 7) is 9.61. The van der Waals surface area contributed by atoms with Crippen LogP contribution in [-0.2, 0) is 22.8 Å². The van der Waals surface area contributed by atoms with Crippen molar-refractivity contribution >= 4 is 39.8 Å². The molecule has 0 amide bonds. The van der Waals surface area contributed by atoms with Crippen LogP contribution in [-0.4, -0.2) is 43.9 Å². The van der Waals surface area contributed by atoms with Crippen LogP contribution in [0.2, 0.25) is 0 Å². The summed E-state index contributed by atoms with van der Waals surface area (Å²) in [7, 11) is -3.21. The minimum atomic E-state index is -3.21. The van der Waals surface area contributed by atoms with Gasteiger partial charge in [-0.1, -0.05) is 31.1 Å². The Kier molecular flexibility index (Phi) is 10.0. The zero-order valence-electron chi connectivity index (χ0n) is 17.5. The maximum Gasteiger partial charge on any atom is 0.228 e. The summed E-state index contributed by atoms with van der Waals surface area (Å²) < 4.78 is 28.7. The molecule has 0 saturated carbocycles. The molecule has 10 heteroatoms. The van der Waals surface area contributed by atoms with Crippen LogP contribution < -0.4 is 10.6 Å². The maximum absolute atomic E-state index is 11.7. The van der Waals surface area contributed by atoms with Crippen LogP contribution >= 0.6 is 24.0 Å². The lowest BCUT2D eigenvalue weighted by Gasteiger charge is -2.11. The van der Waals surface area contributed by atoms with Crippen molar-refractivity contribution < 1.29 is 12.9 Å². The highest BCUT2D eigenvalue weighted by molar-refractivity contribution is 14.0. The number of benzene rings is 1. The summed E-state index contributed by atoms with van der Waals surface area (Å²) in [6.07, 6.45) is 1.82. The number of nitrogens with zero attached hydrogens (tertiary/aromatic N) is 3. The van der Waals surface area contributed by atoms with E-state index in [2.05, 4.69) is 25.8 Å². The van der Waals surface area contributed by atoms with Crippen LogP contribution in [0.1, 0.15) is 49.5 Å². The lowest BCUT2D eigenvalue weighted by molar-refractivity contribution is 0.371. The average Bonchev–Trinajstić information content (AvgIpc) is 3.08. The van der Waals surface area contributed by atoms with Crippen molar-refractivity contribution in [2.75, 3.05) is 19.3 Å². The predicted molar refractivity (Wildman–Crippen MR) is 125 cm³/mol. The molecule has 0 aliphatic heterocycles. The Morgan fingerprint density at radius 1 is 1.28 bits per heavy atom. The maximum atomic E-state index is 11.7. The van der Waals surface area contributed by atoms with Gasteiger partial charge in [0.15, 0.2) is 21.6 Å². The van der Waals surface area contributed by atoms with E-state index in [-0.39, 0.29) is 29.9 Å². The second kappa shape index (κ2) is 11.5. The summed E-state index contributed by atoms with van der Waals surface area (Å²) in [5, 5.41) is 10.4. The second-order valence-corrected chi connectivity index (χ2v) is 8.93. The molecular formula is C19H30IN5O3S. The van der Waals surface area contributed by atoms with Crippen molar-refractivity contribution in [1.82, 2.24) is 20.8 Å². The van der Waals surface area contributed by atoms with Gasteiger partial charge in [0.05, 0.1) is 11.4 Å². The molecule has 0 bridgehead atoms. The Morgan fingerprint density at radius 3 is 2.55 bits per heavy atom. The SMILES string of the molecule is CCNC(=NCc1ccc(S(C)(=O)=O)c(C)c1)NCCc1nc(C(C)C)no1.I. The van der Waals surface area contributed by atoms with Gasteiger partial charge in [-0.3, -0.25) is 0 Å². The molecule has 0 aliphatic rings. The number of hydrogen-bond acceptors (Lipinski definition) is 6. The third-order valence-electron chi connectivity index (χ3n) is 4.03. The van der Waals surface area contributed by atoms with Gasteiger partial charge in [-0.15, -0.1) is 24.0 Å². The fourth-order valence-corrected chi connectivity index (χ4v) is 3.59. The van der Waals surface area contributed by atoms with Crippen LogP contribution in [0.25, 0.3) is 0 Å². The summed E-state index contributed by atoms with van der Waals surface area (Å²) in [5.41, 5.74) is 1.67. The van der Waals surface area contributed by atoms with Crippen molar-refractivity contribution in [2.24, 2.45) is 4.99 Å². The van der Waals surface area contributed by atoms with Gasteiger partial charge < -0.3 is 15.2 Å². The normalized spacial score (nSPS) is 12.0. The van der Waals surface area contributed by atoms with Crippen LogP contribution in [0.15, 0.2) is 32.6 Å². The van der Waals surface area contributed by atoms with Crippen LogP contribution in [0.5, 0.6) is 0 Å². The summed E-state index contributed by atoms with van der Waals surface area (Å²) >= 11 is 0. The van der Waals surface area contributed by atoms with E-state index < -0.39 is 9.84 Å². The summed E-state index contributed by atoms with van der Waals surface area (Å²) in [4.78, 5) is 9.27. The van der Waals surface area contributed by atoms with Gasteiger partial charge in [-0.2, -0.15) is 4.98 Å². The van der Waals surface area contributed by atoms with Gasteiger partial charge in [-0.25, -0.2) is 13.4 Å². The average molecular weight is 535 g/mol. The van der Waals surface area contributed by atoms with Gasteiger partial charge in [0, 0.05) is 31.7 Å². The summed E-state index contributed by atoms with van der Waals surface area (Å²) in [5.74, 6) is 2.22. The molecule has 2 aromatic rings. The lowest BCUT2D eigenvalue weighted by atomic mass is 10.1. The van der Waals surface area contributed by atoms with E-state index >= 15 is 0 Å². The number of guanidine groups is 1. The highest BCUT2D eigenvalue weighted by Gasteiger charge is 2.11. The van der Waals surface area contributed by atoms with Crippen molar-refractivity contribution in [3.63, 3.8) is 0 Å². The summed E-state index contributed by atoms with van der Waals surface area (Å²) in [6, 6.07) is 5.29. The van der Waals surface area contributed by atoms with E-state index in [1.165, 1.54) is 6.26 Å². The molecule has 29 heavy (non-hydrogen) atoms. The first-order valence-corrected chi connectivity index (χ1v) is 11.2. The molecule has 0 aliphatic carbocycles. The Balaban J connectivity index is 0.00000420. The Hall–Kier alpha value is -1.69. The molecule has 0 spiro atoms. The largest absolute Gasteiger partial charge is 0.357 e. The highest BCUT2D eigenvalue weighted by atomic mass is 127. The predicted octanol–water partition coefficient (Wildman–Crippen LogP) is 2.82. The standard InChI is InChI=1S/C19H29N5O3S.HI/c1-6-20-19(21-10-9-17-23-18(13(2)3)24-27-17)22-12-15-7-8-16(14(4)11-15)28(5,25)26;/h7-8,11,13H,6,9-10,12H2,1-5H3,(H2,20,21,22);1H. The minimum absolute atomic E-state index is 0. The molecular weight excluding hydrogens is 505 g/mol. The molecule has 2 rings (SSSR count). The number of rotatable bonds is 8. The van der Waals surface area contributed by atoms with Crippen LogP contribution in [0, 0.1) is 6.92 Å². The van der Waals surface area contributed by atoms with Gasteiger partial charge in [0.25, 0.3) is 0 Å². The van der Waals surface area contributed by atoms with Crippen molar-refractivity contribution in [1.29, 1.82) is 0 Å². The van der Waals surface area contributed by atoms with Gasteiger partial charge in [0.2, 0.25) is 5.89 Å². The first-order valence-electron chi connectivity index (χ1n) is 9.35. The van der Waals surface area contributed by atoms with E-state index in [1.807, 2.05) is 26.8 Å².